The van der Waals surface area contributed by atoms with Gasteiger partial charge in [0.25, 0.3) is 0 Å². The fourth-order valence-electron chi connectivity index (χ4n) is 0.714. The zero-order chi connectivity index (χ0) is 9.19. The molecule has 1 heterocycles. The first-order valence-corrected chi connectivity index (χ1v) is 3.81. The third kappa shape index (κ3) is 1.90. The Bertz CT molecular complexity index is 273. The van der Waals surface area contributed by atoms with Crippen LogP contribution in [0.2, 0.25) is 0 Å². The van der Waals surface area contributed by atoms with Crippen LogP contribution >= 0.6 is 0 Å². The van der Waals surface area contributed by atoms with Gasteiger partial charge in [0.1, 0.15) is 6.29 Å². The number of aldehydes is 1. The molecule has 1 aromatic heterocycles. The van der Waals surface area contributed by atoms with E-state index in [-0.39, 0.29) is 11.8 Å². The molecule has 0 radical (unpaired) electrons. The zero-order valence-corrected chi connectivity index (χ0v) is 7.50. The van der Waals surface area contributed by atoms with Gasteiger partial charge in [0, 0.05) is 5.41 Å². The molecule has 12 heavy (non-hydrogen) atoms. The molecule has 0 unspecified atom stereocenters. The first kappa shape index (κ1) is 8.90. The lowest BCUT2D eigenvalue weighted by Crippen LogP contribution is -2.13. The van der Waals surface area contributed by atoms with E-state index in [0.717, 1.165) is 6.29 Å². The van der Waals surface area contributed by atoms with Gasteiger partial charge in [-0.1, -0.05) is 25.9 Å². The molecule has 0 fully saturated rings. The minimum absolute atomic E-state index is 0.120. The lowest BCUT2D eigenvalue weighted by Gasteiger charge is -2.10. The summed E-state index contributed by atoms with van der Waals surface area (Å²) in [6, 6.07) is 0. The maximum atomic E-state index is 10.1. The van der Waals surface area contributed by atoms with Crippen LogP contribution in [0.4, 0.5) is 0 Å². The Kier molecular flexibility index (Phi) is 2.26. The van der Waals surface area contributed by atoms with E-state index in [1.54, 1.807) is 0 Å². The highest BCUT2D eigenvalue weighted by Gasteiger charge is 2.20. The van der Waals surface area contributed by atoms with Crippen LogP contribution in [0.1, 0.15) is 32.5 Å². The molecule has 0 aliphatic rings. The lowest BCUT2D eigenvalue weighted by molar-refractivity contribution is -0.107. The quantitative estimate of drug-likeness (QED) is 0.620. The van der Waals surface area contributed by atoms with Crippen LogP contribution in [-0.2, 0) is 16.6 Å². The van der Waals surface area contributed by atoms with Crippen LogP contribution in [0.5, 0.6) is 0 Å². The molecular weight excluding hydrogens is 156 g/mol. The summed E-state index contributed by atoms with van der Waals surface area (Å²) in [5.74, 6) is 1.02. The number of hydrogen-bond donors (Lipinski definition) is 0. The molecule has 0 aliphatic heterocycles. The summed E-state index contributed by atoms with van der Waals surface area (Å²) in [6.45, 7) is 5.97. The average Bonchev–Trinajstić information content (AvgIpc) is 2.35. The van der Waals surface area contributed by atoms with Gasteiger partial charge in [0.05, 0.1) is 6.42 Å². The number of rotatable bonds is 2. The van der Waals surface area contributed by atoms with Crippen molar-refractivity contribution in [2.75, 3.05) is 0 Å². The second kappa shape index (κ2) is 3.05. The molecule has 0 amide bonds. The van der Waals surface area contributed by atoms with E-state index in [9.17, 15) is 4.79 Å². The molecule has 0 aliphatic carbocycles. The van der Waals surface area contributed by atoms with Gasteiger partial charge in [-0.2, -0.15) is 4.98 Å². The van der Waals surface area contributed by atoms with E-state index in [2.05, 4.69) is 10.1 Å². The lowest BCUT2D eigenvalue weighted by atomic mass is 9.96. The molecule has 0 aromatic carbocycles. The van der Waals surface area contributed by atoms with E-state index in [4.69, 9.17) is 4.52 Å². The van der Waals surface area contributed by atoms with E-state index in [1.165, 1.54) is 0 Å². The molecular formula is C8H12N2O2. The Morgan fingerprint density at radius 3 is 2.58 bits per heavy atom. The molecule has 0 N–H and O–H groups in total. The molecule has 4 nitrogen and oxygen atoms in total. The van der Waals surface area contributed by atoms with Crippen molar-refractivity contribution in [2.24, 2.45) is 0 Å². The smallest absolute Gasteiger partial charge is 0.233 e. The zero-order valence-electron chi connectivity index (χ0n) is 7.50. The fourth-order valence-corrected chi connectivity index (χ4v) is 0.714. The van der Waals surface area contributed by atoms with Crippen LogP contribution in [0.3, 0.4) is 0 Å². The summed E-state index contributed by atoms with van der Waals surface area (Å²) < 4.78 is 4.84. The van der Waals surface area contributed by atoms with E-state index in [0.29, 0.717) is 11.7 Å². The van der Waals surface area contributed by atoms with Gasteiger partial charge in [-0.15, -0.1) is 0 Å². The van der Waals surface area contributed by atoms with Crippen molar-refractivity contribution in [1.82, 2.24) is 10.1 Å². The van der Waals surface area contributed by atoms with Crippen LogP contribution in [0, 0.1) is 0 Å². The molecule has 0 spiro atoms. The first-order chi connectivity index (χ1) is 5.54. The minimum Gasteiger partial charge on any atom is -0.339 e. The topological polar surface area (TPSA) is 56.0 Å². The molecule has 1 rings (SSSR count). The van der Waals surface area contributed by atoms with Gasteiger partial charge in [-0.25, -0.2) is 0 Å². The minimum atomic E-state index is -0.120. The maximum Gasteiger partial charge on any atom is 0.233 e. The predicted molar refractivity (Wildman–Crippen MR) is 42.8 cm³/mol. The summed E-state index contributed by atoms with van der Waals surface area (Å²) in [5, 5.41) is 3.76. The Morgan fingerprint density at radius 1 is 1.50 bits per heavy atom. The van der Waals surface area contributed by atoms with Gasteiger partial charge in [0.2, 0.25) is 5.89 Å². The van der Waals surface area contributed by atoms with Gasteiger partial charge < -0.3 is 9.32 Å². The van der Waals surface area contributed by atoms with Crippen molar-refractivity contribution >= 4 is 6.29 Å². The molecule has 66 valence electrons. The summed E-state index contributed by atoms with van der Waals surface area (Å²) in [7, 11) is 0. The third-order valence-electron chi connectivity index (χ3n) is 1.40. The SMILES string of the molecule is CC(C)(C)c1noc(CC=O)n1. The molecule has 0 atom stereocenters. The Hall–Kier alpha value is -1.19. The number of nitrogens with zero attached hydrogens (tertiary/aromatic N) is 2. The summed E-state index contributed by atoms with van der Waals surface area (Å²) in [6.07, 6.45) is 0.947. The maximum absolute atomic E-state index is 10.1. The molecule has 0 bridgehead atoms. The van der Waals surface area contributed by atoms with Crippen LogP contribution < -0.4 is 0 Å². The van der Waals surface area contributed by atoms with Gasteiger partial charge in [-0.3, -0.25) is 0 Å². The normalized spacial score (nSPS) is 11.6. The van der Waals surface area contributed by atoms with Crippen LogP contribution in [-0.4, -0.2) is 16.4 Å². The second-order valence-corrected chi connectivity index (χ2v) is 3.63. The van der Waals surface area contributed by atoms with Crippen molar-refractivity contribution in [2.45, 2.75) is 32.6 Å². The van der Waals surface area contributed by atoms with E-state index >= 15 is 0 Å². The van der Waals surface area contributed by atoms with Crippen LogP contribution in [0.25, 0.3) is 0 Å². The predicted octanol–water partition coefficient (Wildman–Crippen LogP) is 1.11. The van der Waals surface area contributed by atoms with Crippen molar-refractivity contribution in [3.8, 4) is 0 Å². The largest absolute Gasteiger partial charge is 0.339 e. The monoisotopic (exact) mass is 168 g/mol. The standard InChI is InChI=1S/C8H12N2O2/c1-8(2,3)7-9-6(4-5-11)12-10-7/h5H,4H2,1-3H3. The van der Waals surface area contributed by atoms with E-state index in [1.807, 2.05) is 20.8 Å². The molecule has 0 saturated heterocycles. The molecule has 1 aromatic rings. The highest BCUT2D eigenvalue weighted by molar-refractivity contribution is 5.52. The number of hydrogen-bond acceptors (Lipinski definition) is 4. The van der Waals surface area contributed by atoms with Crippen molar-refractivity contribution in [3.63, 3.8) is 0 Å². The average molecular weight is 168 g/mol. The Morgan fingerprint density at radius 2 is 2.17 bits per heavy atom. The number of aromatic nitrogens is 2. The summed E-state index contributed by atoms with van der Waals surface area (Å²) in [5.41, 5.74) is -0.120. The Balaban J connectivity index is 2.84. The summed E-state index contributed by atoms with van der Waals surface area (Å²) in [4.78, 5) is 14.2. The third-order valence-corrected chi connectivity index (χ3v) is 1.40. The Labute approximate surface area is 71.0 Å². The highest BCUT2D eigenvalue weighted by atomic mass is 16.5. The first-order valence-electron chi connectivity index (χ1n) is 3.81. The van der Waals surface area contributed by atoms with Crippen molar-refractivity contribution in [3.05, 3.63) is 11.7 Å². The molecule has 0 saturated carbocycles. The fraction of sp³-hybridized carbons (Fsp3) is 0.625. The van der Waals surface area contributed by atoms with Crippen molar-refractivity contribution in [1.29, 1.82) is 0 Å². The van der Waals surface area contributed by atoms with Gasteiger partial charge in [0.15, 0.2) is 5.82 Å². The second-order valence-electron chi connectivity index (χ2n) is 3.63. The number of carbonyl (C=O) groups excluding carboxylic acids is 1. The van der Waals surface area contributed by atoms with Crippen LogP contribution in [0.15, 0.2) is 4.52 Å². The highest BCUT2D eigenvalue weighted by Crippen LogP contribution is 2.18. The summed E-state index contributed by atoms with van der Waals surface area (Å²) >= 11 is 0. The van der Waals surface area contributed by atoms with Crippen molar-refractivity contribution < 1.29 is 9.32 Å². The molecule has 4 heteroatoms. The van der Waals surface area contributed by atoms with Gasteiger partial charge >= 0.3 is 0 Å². The van der Waals surface area contributed by atoms with Gasteiger partial charge in [-0.05, 0) is 0 Å². The van der Waals surface area contributed by atoms with E-state index < -0.39 is 0 Å². The number of carbonyl (C=O) groups is 1.